The average molecular weight is 288 g/mol. The van der Waals surface area contributed by atoms with Crippen molar-refractivity contribution >= 4 is 15.9 Å². The van der Waals surface area contributed by atoms with Gasteiger partial charge in [-0.05, 0) is 6.92 Å². The number of carbonyl (C=O) groups is 1. The summed E-state index contributed by atoms with van der Waals surface area (Å²) in [5.41, 5.74) is -1.81. The SMILES string of the molecule is CC1C(=O)NCCN1S(=O)(=O)c1c[nH]c(=O)[nH]c1=O. The minimum atomic E-state index is -4.13. The first-order chi connectivity index (χ1) is 8.84. The lowest BCUT2D eigenvalue weighted by Crippen LogP contribution is -2.56. The van der Waals surface area contributed by atoms with Crippen LogP contribution in [-0.2, 0) is 14.8 Å². The van der Waals surface area contributed by atoms with Crippen LogP contribution in [0.5, 0.6) is 0 Å². The third-order valence-corrected chi connectivity index (χ3v) is 4.79. The van der Waals surface area contributed by atoms with E-state index < -0.39 is 38.1 Å². The number of carbonyl (C=O) groups excluding carboxylic acids is 1. The summed E-state index contributed by atoms with van der Waals surface area (Å²) in [7, 11) is -4.13. The molecule has 3 N–H and O–H groups in total. The second-order valence-corrected chi connectivity index (χ2v) is 5.88. The van der Waals surface area contributed by atoms with E-state index >= 15 is 0 Å². The molecular weight excluding hydrogens is 276 g/mol. The molecule has 10 heteroatoms. The maximum Gasteiger partial charge on any atom is 0.325 e. The van der Waals surface area contributed by atoms with Crippen LogP contribution in [0, 0.1) is 0 Å². The van der Waals surface area contributed by atoms with E-state index in [-0.39, 0.29) is 13.1 Å². The lowest BCUT2D eigenvalue weighted by atomic mass is 10.2. The molecule has 1 amide bonds. The first-order valence-electron chi connectivity index (χ1n) is 5.45. The Morgan fingerprint density at radius 2 is 2.00 bits per heavy atom. The van der Waals surface area contributed by atoms with E-state index in [2.05, 4.69) is 10.3 Å². The van der Waals surface area contributed by atoms with Gasteiger partial charge in [0.25, 0.3) is 15.6 Å². The Morgan fingerprint density at radius 3 is 2.63 bits per heavy atom. The summed E-state index contributed by atoms with van der Waals surface area (Å²) in [5.74, 6) is -0.435. The molecular formula is C9H12N4O5S. The summed E-state index contributed by atoms with van der Waals surface area (Å²) in [6, 6.07) is -0.912. The summed E-state index contributed by atoms with van der Waals surface area (Å²) >= 11 is 0. The van der Waals surface area contributed by atoms with Gasteiger partial charge in [0.05, 0.1) is 0 Å². The summed E-state index contributed by atoms with van der Waals surface area (Å²) < 4.78 is 25.5. The van der Waals surface area contributed by atoms with Crippen molar-refractivity contribution in [2.45, 2.75) is 17.9 Å². The lowest BCUT2D eigenvalue weighted by Gasteiger charge is -2.31. The molecule has 104 valence electrons. The smallest absolute Gasteiger partial charge is 0.325 e. The van der Waals surface area contributed by atoms with Crippen LogP contribution in [0.25, 0.3) is 0 Å². The number of hydrogen-bond acceptors (Lipinski definition) is 5. The van der Waals surface area contributed by atoms with Crippen LogP contribution < -0.4 is 16.6 Å². The molecule has 0 aliphatic carbocycles. The average Bonchev–Trinajstić information content (AvgIpc) is 2.31. The molecule has 0 radical (unpaired) electrons. The molecule has 1 fully saturated rings. The maximum absolute atomic E-state index is 12.3. The number of hydrogen-bond donors (Lipinski definition) is 3. The highest BCUT2D eigenvalue weighted by Gasteiger charge is 2.36. The van der Waals surface area contributed by atoms with E-state index in [9.17, 15) is 22.8 Å². The molecule has 1 aliphatic heterocycles. The highest BCUT2D eigenvalue weighted by Crippen LogP contribution is 2.15. The quantitative estimate of drug-likeness (QED) is 0.557. The monoisotopic (exact) mass is 288 g/mol. The Morgan fingerprint density at radius 1 is 1.32 bits per heavy atom. The molecule has 9 nitrogen and oxygen atoms in total. The fourth-order valence-corrected chi connectivity index (χ4v) is 3.39. The van der Waals surface area contributed by atoms with Crippen molar-refractivity contribution < 1.29 is 13.2 Å². The molecule has 1 atom stereocenters. The number of H-pyrrole nitrogens is 2. The predicted octanol–water partition coefficient (Wildman–Crippen LogP) is -2.43. The Hall–Kier alpha value is -1.94. The van der Waals surface area contributed by atoms with Gasteiger partial charge in [-0.1, -0.05) is 0 Å². The van der Waals surface area contributed by atoms with E-state index in [0.29, 0.717) is 0 Å². The minimum Gasteiger partial charge on any atom is -0.353 e. The van der Waals surface area contributed by atoms with Gasteiger partial charge in [0, 0.05) is 19.3 Å². The van der Waals surface area contributed by atoms with Crippen molar-refractivity contribution in [1.82, 2.24) is 19.6 Å². The van der Waals surface area contributed by atoms with Gasteiger partial charge in [0.15, 0.2) is 4.90 Å². The minimum absolute atomic E-state index is 0.0633. The van der Waals surface area contributed by atoms with Gasteiger partial charge in [-0.3, -0.25) is 14.6 Å². The van der Waals surface area contributed by atoms with Crippen molar-refractivity contribution in [2.24, 2.45) is 0 Å². The van der Waals surface area contributed by atoms with E-state index in [1.807, 2.05) is 4.98 Å². The Balaban J connectivity index is 2.50. The van der Waals surface area contributed by atoms with Crippen LogP contribution in [0.15, 0.2) is 20.7 Å². The third-order valence-electron chi connectivity index (χ3n) is 2.81. The fraction of sp³-hybridized carbons (Fsp3) is 0.444. The Labute approximate surface area is 107 Å². The number of nitrogens with one attached hydrogen (secondary N) is 3. The normalized spacial score (nSPS) is 21.1. The van der Waals surface area contributed by atoms with Crippen molar-refractivity contribution in [2.75, 3.05) is 13.1 Å². The van der Waals surface area contributed by atoms with E-state index in [1.54, 1.807) is 0 Å². The van der Waals surface area contributed by atoms with Crippen LogP contribution in [0.3, 0.4) is 0 Å². The van der Waals surface area contributed by atoms with Crippen LogP contribution in [0.4, 0.5) is 0 Å². The van der Waals surface area contributed by atoms with Gasteiger partial charge in [-0.15, -0.1) is 0 Å². The van der Waals surface area contributed by atoms with Gasteiger partial charge in [0.1, 0.15) is 6.04 Å². The van der Waals surface area contributed by atoms with Crippen LogP contribution >= 0.6 is 0 Å². The molecule has 0 bridgehead atoms. The zero-order valence-electron chi connectivity index (χ0n) is 9.97. The lowest BCUT2D eigenvalue weighted by molar-refractivity contribution is -0.126. The van der Waals surface area contributed by atoms with Crippen LogP contribution in [0.1, 0.15) is 6.92 Å². The molecule has 1 unspecified atom stereocenters. The number of amides is 1. The number of aromatic amines is 2. The largest absolute Gasteiger partial charge is 0.353 e. The second kappa shape index (κ2) is 4.63. The molecule has 0 saturated carbocycles. The van der Waals surface area contributed by atoms with Crippen molar-refractivity contribution in [3.63, 3.8) is 0 Å². The molecule has 2 rings (SSSR count). The van der Waals surface area contributed by atoms with Gasteiger partial charge in [-0.25, -0.2) is 13.2 Å². The second-order valence-electron chi connectivity index (χ2n) is 4.02. The number of rotatable bonds is 2. The highest BCUT2D eigenvalue weighted by atomic mass is 32.2. The molecule has 0 spiro atoms. The van der Waals surface area contributed by atoms with Gasteiger partial charge in [0.2, 0.25) is 5.91 Å². The molecule has 2 heterocycles. The third kappa shape index (κ3) is 2.31. The molecule has 1 saturated heterocycles. The fourth-order valence-electron chi connectivity index (χ4n) is 1.81. The van der Waals surface area contributed by atoms with Crippen LogP contribution in [0.2, 0.25) is 0 Å². The zero-order chi connectivity index (χ0) is 14.2. The zero-order valence-corrected chi connectivity index (χ0v) is 10.8. The van der Waals surface area contributed by atoms with Crippen LogP contribution in [-0.4, -0.2) is 47.7 Å². The van der Waals surface area contributed by atoms with Gasteiger partial charge >= 0.3 is 5.69 Å². The molecule has 19 heavy (non-hydrogen) atoms. The van der Waals surface area contributed by atoms with Crippen molar-refractivity contribution in [3.05, 3.63) is 27.0 Å². The highest BCUT2D eigenvalue weighted by molar-refractivity contribution is 7.89. The van der Waals surface area contributed by atoms with Crippen molar-refractivity contribution in [3.8, 4) is 0 Å². The Kier molecular flexibility index (Phi) is 3.28. The number of nitrogens with zero attached hydrogens (tertiary/aromatic N) is 1. The standard InChI is InChI=1S/C9H12N4O5S/c1-5-7(14)10-2-3-13(5)19(17,18)6-4-11-9(16)12-8(6)15/h4-5H,2-3H2,1H3,(H,10,14)(H2,11,12,15,16). The van der Waals surface area contributed by atoms with E-state index in [4.69, 9.17) is 0 Å². The molecule has 1 aromatic heterocycles. The number of sulfonamides is 1. The maximum atomic E-state index is 12.3. The van der Waals surface area contributed by atoms with Crippen molar-refractivity contribution in [1.29, 1.82) is 0 Å². The van der Waals surface area contributed by atoms with E-state index in [0.717, 1.165) is 10.5 Å². The van der Waals surface area contributed by atoms with Gasteiger partial charge < -0.3 is 10.3 Å². The number of aromatic nitrogens is 2. The summed E-state index contributed by atoms with van der Waals surface area (Å²) in [6.07, 6.45) is 0.829. The summed E-state index contributed by atoms with van der Waals surface area (Å²) in [6.45, 7) is 1.66. The summed E-state index contributed by atoms with van der Waals surface area (Å²) in [5, 5.41) is 2.52. The number of piperazine rings is 1. The molecule has 0 aromatic carbocycles. The predicted molar refractivity (Wildman–Crippen MR) is 64.0 cm³/mol. The first kappa shape index (κ1) is 13.5. The first-order valence-corrected chi connectivity index (χ1v) is 6.89. The summed E-state index contributed by atoms with van der Waals surface area (Å²) in [4.78, 5) is 37.2. The molecule has 1 aromatic rings. The Bertz CT molecular complexity index is 719. The molecule has 1 aliphatic rings. The topological polar surface area (TPSA) is 132 Å². The van der Waals surface area contributed by atoms with Gasteiger partial charge in [-0.2, -0.15) is 4.31 Å². The van der Waals surface area contributed by atoms with E-state index in [1.165, 1.54) is 6.92 Å².